The van der Waals surface area contributed by atoms with E-state index in [2.05, 4.69) is 18.7 Å². The molecule has 4 nitrogen and oxygen atoms in total. The zero-order valence-corrected chi connectivity index (χ0v) is 12.5. The van der Waals surface area contributed by atoms with Crippen molar-refractivity contribution >= 4 is 5.97 Å². The van der Waals surface area contributed by atoms with Gasteiger partial charge in [-0.2, -0.15) is 0 Å². The van der Waals surface area contributed by atoms with Crippen LogP contribution in [0.15, 0.2) is 0 Å². The Morgan fingerprint density at radius 2 is 2.05 bits per heavy atom. The van der Waals surface area contributed by atoms with Crippen LogP contribution in [0.1, 0.15) is 52.9 Å². The summed E-state index contributed by atoms with van der Waals surface area (Å²) in [5.41, 5.74) is 5.52. The summed E-state index contributed by atoms with van der Waals surface area (Å²) in [6.07, 6.45) is 5.16. The maximum Gasteiger partial charge on any atom is 0.326 e. The van der Waals surface area contributed by atoms with Crippen molar-refractivity contribution in [2.45, 2.75) is 70.5 Å². The number of ether oxygens (including phenoxy) is 1. The van der Waals surface area contributed by atoms with Gasteiger partial charge in [-0.3, -0.25) is 9.69 Å². The molecule has 2 aliphatic rings. The smallest absolute Gasteiger partial charge is 0.326 e. The number of nitrogens with zero attached hydrogens (tertiary/aromatic N) is 1. The average Bonchev–Trinajstić information content (AvgIpc) is 3.10. The number of esters is 1. The van der Waals surface area contributed by atoms with Crippen molar-refractivity contribution < 1.29 is 9.53 Å². The Labute approximate surface area is 116 Å². The molecule has 0 aromatic rings. The molecule has 0 amide bonds. The largest absolute Gasteiger partial charge is 0.465 e. The normalized spacial score (nSPS) is 31.2. The number of rotatable bonds is 6. The van der Waals surface area contributed by atoms with E-state index in [1.807, 2.05) is 6.92 Å². The number of hydrogen-bond acceptors (Lipinski definition) is 4. The van der Waals surface area contributed by atoms with Crippen LogP contribution in [0.5, 0.6) is 0 Å². The molecule has 2 unspecified atom stereocenters. The van der Waals surface area contributed by atoms with E-state index in [0.29, 0.717) is 18.6 Å². The second-order valence-corrected chi connectivity index (χ2v) is 6.60. The lowest BCUT2D eigenvalue weighted by molar-refractivity contribution is -0.149. The van der Waals surface area contributed by atoms with Gasteiger partial charge in [0, 0.05) is 18.6 Å². The van der Waals surface area contributed by atoms with Gasteiger partial charge in [0.15, 0.2) is 0 Å². The van der Waals surface area contributed by atoms with Crippen molar-refractivity contribution in [1.29, 1.82) is 0 Å². The van der Waals surface area contributed by atoms with Crippen LogP contribution in [-0.2, 0) is 9.53 Å². The zero-order chi connectivity index (χ0) is 14.0. The van der Waals surface area contributed by atoms with Crippen molar-refractivity contribution in [3.8, 4) is 0 Å². The third kappa shape index (κ3) is 3.48. The van der Waals surface area contributed by atoms with Crippen LogP contribution in [0.4, 0.5) is 0 Å². The lowest BCUT2D eigenvalue weighted by Crippen LogP contribution is -2.49. The van der Waals surface area contributed by atoms with Gasteiger partial charge in [0.1, 0.15) is 5.54 Å². The second-order valence-electron chi connectivity index (χ2n) is 6.60. The van der Waals surface area contributed by atoms with Gasteiger partial charge in [0.25, 0.3) is 0 Å². The van der Waals surface area contributed by atoms with Crippen molar-refractivity contribution in [1.82, 2.24) is 4.90 Å². The minimum Gasteiger partial charge on any atom is -0.465 e. The molecule has 0 spiro atoms. The molecule has 19 heavy (non-hydrogen) atoms. The standard InChI is InChI=1S/C15H28N2O2/c1-4-19-14(18)15(16)8-7-13(9-15)17(10-11(2)3)12-5-6-12/h11-13H,4-10,16H2,1-3H3. The summed E-state index contributed by atoms with van der Waals surface area (Å²) in [6, 6.07) is 1.20. The van der Waals surface area contributed by atoms with E-state index < -0.39 is 5.54 Å². The fourth-order valence-corrected chi connectivity index (χ4v) is 3.22. The fraction of sp³-hybridized carbons (Fsp3) is 0.933. The Balaban J connectivity index is 1.97. The summed E-state index contributed by atoms with van der Waals surface area (Å²) in [5.74, 6) is 0.453. The topological polar surface area (TPSA) is 55.6 Å². The van der Waals surface area contributed by atoms with Gasteiger partial charge >= 0.3 is 5.97 Å². The van der Waals surface area contributed by atoms with Gasteiger partial charge in [-0.1, -0.05) is 13.8 Å². The summed E-state index contributed by atoms with van der Waals surface area (Å²) in [4.78, 5) is 14.6. The van der Waals surface area contributed by atoms with E-state index >= 15 is 0 Å². The van der Waals surface area contributed by atoms with Gasteiger partial charge in [0.05, 0.1) is 6.61 Å². The van der Waals surface area contributed by atoms with E-state index in [-0.39, 0.29) is 5.97 Å². The predicted octanol–water partition coefficient (Wildman–Crippen LogP) is 1.92. The summed E-state index contributed by atoms with van der Waals surface area (Å²) in [6.45, 7) is 7.88. The minimum atomic E-state index is -0.745. The fourth-order valence-electron chi connectivity index (χ4n) is 3.22. The highest BCUT2D eigenvalue weighted by Crippen LogP contribution is 2.38. The summed E-state index contributed by atoms with van der Waals surface area (Å²) >= 11 is 0. The van der Waals surface area contributed by atoms with E-state index in [0.717, 1.165) is 31.8 Å². The van der Waals surface area contributed by atoms with Crippen LogP contribution >= 0.6 is 0 Å². The van der Waals surface area contributed by atoms with Crippen molar-refractivity contribution in [2.75, 3.05) is 13.2 Å². The number of carbonyl (C=O) groups excluding carboxylic acids is 1. The van der Waals surface area contributed by atoms with Crippen LogP contribution in [0.3, 0.4) is 0 Å². The lowest BCUT2D eigenvalue weighted by atomic mass is 9.98. The maximum absolute atomic E-state index is 12.0. The molecule has 0 bridgehead atoms. The van der Waals surface area contributed by atoms with E-state index in [1.54, 1.807) is 0 Å². The highest BCUT2D eigenvalue weighted by atomic mass is 16.5. The summed E-state index contributed by atoms with van der Waals surface area (Å²) in [7, 11) is 0. The number of hydrogen-bond donors (Lipinski definition) is 1. The molecule has 0 saturated heterocycles. The first-order valence-corrected chi connectivity index (χ1v) is 7.68. The highest BCUT2D eigenvalue weighted by Gasteiger charge is 2.47. The Morgan fingerprint density at radius 3 is 2.58 bits per heavy atom. The van der Waals surface area contributed by atoms with Crippen molar-refractivity contribution in [3.05, 3.63) is 0 Å². The molecule has 0 radical (unpaired) electrons. The van der Waals surface area contributed by atoms with Gasteiger partial charge < -0.3 is 10.5 Å². The van der Waals surface area contributed by atoms with E-state index in [1.165, 1.54) is 12.8 Å². The molecular weight excluding hydrogens is 240 g/mol. The molecule has 0 aromatic carbocycles. The van der Waals surface area contributed by atoms with E-state index in [4.69, 9.17) is 10.5 Å². The minimum absolute atomic E-state index is 0.210. The van der Waals surface area contributed by atoms with Crippen molar-refractivity contribution in [2.24, 2.45) is 11.7 Å². The number of carbonyl (C=O) groups is 1. The van der Waals surface area contributed by atoms with Gasteiger partial charge in [-0.15, -0.1) is 0 Å². The molecule has 2 rings (SSSR count). The molecule has 2 aliphatic carbocycles. The van der Waals surface area contributed by atoms with Crippen LogP contribution in [0.2, 0.25) is 0 Å². The SMILES string of the molecule is CCOC(=O)C1(N)CCC(N(CC(C)C)C2CC2)C1. The van der Waals surface area contributed by atoms with Gasteiger partial charge in [-0.05, 0) is 44.9 Å². The van der Waals surface area contributed by atoms with Crippen LogP contribution in [-0.4, -0.2) is 41.6 Å². The predicted molar refractivity (Wildman–Crippen MR) is 75.8 cm³/mol. The first-order chi connectivity index (χ1) is 8.96. The first kappa shape index (κ1) is 14.8. The monoisotopic (exact) mass is 268 g/mol. The van der Waals surface area contributed by atoms with E-state index in [9.17, 15) is 4.79 Å². The average molecular weight is 268 g/mol. The second kappa shape index (κ2) is 5.80. The molecule has 110 valence electrons. The Hall–Kier alpha value is -0.610. The molecule has 4 heteroatoms. The lowest BCUT2D eigenvalue weighted by Gasteiger charge is -2.31. The third-order valence-corrected chi connectivity index (χ3v) is 4.27. The van der Waals surface area contributed by atoms with Crippen LogP contribution < -0.4 is 5.73 Å². The number of nitrogens with two attached hydrogens (primary N) is 1. The maximum atomic E-state index is 12.0. The Kier molecular flexibility index (Phi) is 4.51. The Morgan fingerprint density at radius 1 is 1.37 bits per heavy atom. The molecule has 0 aromatic heterocycles. The van der Waals surface area contributed by atoms with Crippen LogP contribution in [0.25, 0.3) is 0 Å². The zero-order valence-electron chi connectivity index (χ0n) is 12.5. The molecule has 2 saturated carbocycles. The van der Waals surface area contributed by atoms with Gasteiger partial charge in [-0.25, -0.2) is 0 Å². The van der Waals surface area contributed by atoms with Crippen LogP contribution in [0, 0.1) is 5.92 Å². The highest BCUT2D eigenvalue weighted by molar-refractivity contribution is 5.81. The quantitative estimate of drug-likeness (QED) is 0.748. The first-order valence-electron chi connectivity index (χ1n) is 7.68. The summed E-state index contributed by atoms with van der Waals surface area (Å²) < 4.78 is 5.13. The molecule has 2 fully saturated rings. The molecule has 0 aliphatic heterocycles. The molecule has 2 atom stereocenters. The molecule has 0 heterocycles. The van der Waals surface area contributed by atoms with Gasteiger partial charge in [0.2, 0.25) is 0 Å². The summed E-state index contributed by atoms with van der Waals surface area (Å²) in [5, 5.41) is 0. The Bertz CT molecular complexity index is 328. The van der Waals surface area contributed by atoms with Crippen molar-refractivity contribution in [3.63, 3.8) is 0 Å². The molecule has 2 N–H and O–H groups in total. The third-order valence-electron chi connectivity index (χ3n) is 4.27. The molecular formula is C15H28N2O2.